The van der Waals surface area contributed by atoms with Crippen molar-refractivity contribution in [3.05, 3.63) is 12.2 Å². The molecule has 2 N–H and O–H groups in total. The van der Waals surface area contributed by atoms with Gasteiger partial charge in [-0.05, 0) is 6.42 Å². The van der Waals surface area contributed by atoms with Crippen LogP contribution in [0.25, 0.3) is 0 Å². The molecule has 0 saturated heterocycles. The van der Waals surface area contributed by atoms with Crippen molar-refractivity contribution in [1.82, 2.24) is 19.7 Å². The third-order valence-electron chi connectivity index (χ3n) is 3.07. The van der Waals surface area contributed by atoms with E-state index < -0.39 is 15.9 Å². The Bertz CT molecular complexity index is 567. The number of amides is 1. The van der Waals surface area contributed by atoms with Gasteiger partial charge in [0.25, 0.3) is 0 Å². The van der Waals surface area contributed by atoms with Crippen LogP contribution in [0.15, 0.2) is 6.33 Å². The maximum absolute atomic E-state index is 12.1. The van der Waals surface area contributed by atoms with Crippen LogP contribution in [0.5, 0.6) is 0 Å². The summed E-state index contributed by atoms with van der Waals surface area (Å²) in [7, 11) is -3.10. The lowest BCUT2D eigenvalue weighted by Gasteiger charge is -2.29. The summed E-state index contributed by atoms with van der Waals surface area (Å²) in [5.74, 6) is 0.400. The Morgan fingerprint density at radius 3 is 2.95 bits per heavy atom. The van der Waals surface area contributed by atoms with Gasteiger partial charge in [-0.3, -0.25) is 4.79 Å². The second-order valence-electron chi connectivity index (χ2n) is 4.73. The molecule has 1 aromatic heterocycles. The number of nitrogens with two attached hydrogens (primary N) is 1. The smallest absolute Gasteiger partial charge is 0.239 e. The summed E-state index contributed by atoms with van der Waals surface area (Å²) in [6.45, 7) is 1.54. The van der Waals surface area contributed by atoms with E-state index in [0.717, 1.165) is 12.1 Å². The monoisotopic (exact) mass is 287 g/mol. The summed E-state index contributed by atoms with van der Waals surface area (Å²) in [6, 6.07) is -0.788. The minimum Gasteiger partial charge on any atom is -0.332 e. The molecule has 0 spiro atoms. The van der Waals surface area contributed by atoms with Crippen LogP contribution >= 0.6 is 0 Å². The molecular formula is C10H17N5O3S. The summed E-state index contributed by atoms with van der Waals surface area (Å²) in [5, 5.41) is 7.69. The quantitative estimate of drug-likeness (QED) is 0.712. The second kappa shape index (κ2) is 5.25. The topological polar surface area (TPSA) is 111 Å². The normalized spacial score (nSPS) is 17.1. The van der Waals surface area contributed by atoms with Gasteiger partial charge in [0.15, 0.2) is 5.82 Å². The van der Waals surface area contributed by atoms with Crippen molar-refractivity contribution in [1.29, 1.82) is 0 Å². The van der Waals surface area contributed by atoms with Gasteiger partial charge in [-0.1, -0.05) is 0 Å². The molecule has 1 atom stereocenters. The molecule has 1 amide bonds. The van der Waals surface area contributed by atoms with Crippen LogP contribution in [0.2, 0.25) is 0 Å². The van der Waals surface area contributed by atoms with Crippen molar-refractivity contribution >= 4 is 15.7 Å². The first-order valence-corrected chi connectivity index (χ1v) is 8.01. The number of aromatic nitrogens is 3. The largest absolute Gasteiger partial charge is 0.332 e. The number of carbonyl (C=O) groups excluding carboxylic acids is 1. The van der Waals surface area contributed by atoms with E-state index in [1.54, 1.807) is 11.2 Å². The molecule has 1 aromatic rings. The molecule has 8 nitrogen and oxygen atoms in total. The minimum atomic E-state index is -3.10. The van der Waals surface area contributed by atoms with E-state index in [1.165, 1.54) is 0 Å². The summed E-state index contributed by atoms with van der Waals surface area (Å²) >= 11 is 0. The van der Waals surface area contributed by atoms with E-state index >= 15 is 0 Å². The average Bonchev–Trinajstić information content (AvgIpc) is 2.81. The Kier molecular flexibility index (Phi) is 3.85. The number of nitrogens with zero attached hydrogens (tertiary/aromatic N) is 4. The van der Waals surface area contributed by atoms with Crippen LogP contribution in [-0.4, -0.2) is 58.6 Å². The van der Waals surface area contributed by atoms with Crippen LogP contribution < -0.4 is 5.73 Å². The van der Waals surface area contributed by atoms with Crippen molar-refractivity contribution in [2.75, 3.05) is 18.6 Å². The van der Waals surface area contributed by atoms with Gasteiger partial charge >= 0.3 is 0 Å². The fraction of sp³-hybridized carbons (Fsp3) is 0.700. The first-order valence-electron chi connectivity index (χ1n) is 5.95. The van der Waals surface area contributed by atoms with Gasteiger partial charge in [0.05, 0.1) is 18.3 Å². The molecule has 0 radical (unpaired) electrons. The van der Waals surface area contributed by atoms with E-state index in [4.69, 9.17) is 5.73 Å². The number of carbonyl (C=O) groups is 1. The van der Waals surface area contributed by atoms with Crippen molar-refractivity contribution in [2.24, 2.45) is 5.73 Å². The number of fused-ring (bicyclic) bond motifs is 1. The zero-order valence-electron chi connectivity index (χ0n) is 10.7. The van der Waals surface area contributed by atoms with Gasteiger partial charge in [0, 0.05) is 19.3 Å². The van der Waals surface area contributed by atoms with Gasteiger partial charge in [0.2, 0.25) is 5.91 Å². The van der Waals surface area contributed by atoms with Crippen molar-refractivity contribution in [3.63, 3.8) is 0 Å². The van der Waals surface area contributed by atoms with Crippen molar-refractivity contribution in [2.45, 2.75) is 25.6 Å². The Balaban J connectivity index is 1.94. The lowest BCUT2D eigenvalue weighted by atomic mass is 10.2. The molecule has 1 unspecified atom stereocenters. The zero-order valence-corrected chi connectivity index (χ0v) is 11.5. The highest BCUT2D eigenvalue weighted by atomic mass is 32.2. The second-order valence-corrected chi connectivity index (χ2v) is 6.99. The van der Waals surface area contributed by atoms with Crippen LogP contribution in [-0.2, 0) is 27.7 Å². The van der Waals surface area contributed by atoms with Crippen LogP contribution in [0.1, 0.15) is 12.2 Å². The molecule has 1 aliphatic rings. The van der Waals surface area contributed by atoms with E-state index in [0.29, 0.717) is 19.6 Å². The Morgan fingerprint density at radius 1 is 1.53 bits per heavy atom. The first-order chi connectivity index (χ1) is 8.87. The SMILES string of the molecule is CS(=O)(=O)CCC(N)C(=O)N1CCn2cnnc2C1. The maximum Gasteiger partial charge on any atom is 0.239 e. The standard InChI is InChI=1S/C10H17N5O3S/c1-19(17,18)5-2-8(11)10(16)14-3-4-15-7-12-13-9(15)6-14/h7-8H,2-6,11H2,1H3. The zero-order chi connectivity index (χ0) is 14.0. The molecule has 1 aliphatic heterocycles. The van der Waals surface area contributed by atoms with Gasteiger partial charge < -0.3 is 15.2 Å². The highest BCUT2D eigenvalue weighted by molar-refractivity contribution is 7.90. The van der Waals surface area contributed by atoms with E-state index in [2.05, 4.69) is 10.2 Å². The van der Waals surface area contributed by atoms with E-state index in [9.17, 15) is 13.2 Å². The third kappa shape index (κ3) is 3.51. The first kappa shape index (κ1) is 13.9. The minimum absolute atomic E-state index is 0.0794. The average molecular weight is 287 g/mol. The molecule has 9 heteroatoms. The Labute approximate surface area is 111 Å². The molecule has 2 rings (SSSR count). The van der Waals surface area contributed by atoms with Crippen LogP contribution in [0.4, 0.5) is 0 Å². The molecule has 0 saturated carbocycles. The summed E-state index contributed by atoms with van der Waals surface area (Å²) in [4.78, 5) is 13.7. The number of hydrogen-bond donors (Lipinski definition) is 1. The highest BCUT2D eigenvalue weighted by Gasteiger charge is 2.26. The maximum atomic E-state index is 12.1. The third-order valence-corrected chi connectivity index (χ3v) is 4.04. The molecule has 19 heavy (non-hydrogen) atoms. The Hall–Kier alpha value is -1.48. The Morgan fingerprint density at radius 2 is 2.26 bits per heavy atom. The number of sulfone groups is 1. The molecule has 0 bridgehead atoms. The number of hydrogen-bond acceptors (Lipinski definition) is 6. The van der Waals surface area contributed by atoms with Crippen LogP contribution in [0.3, 0.4) is 0 Å². The fourth-order valence-electron chi connectivity index (χ4n) is 1.95. The summed E-state index contributed by atoms with van der Waals surface area (Å²) in [6.07, 6.45) is 2.90. The van der Waals surface area contributed by atoms with Gasteiger partial charge in [0.1, 0.15) is 16.2 Å². The van der Waals surface area contributed by atoms with Crippen molar-refractivity contribution in [3.8, 4) is 0 Å². The van der Waals surface area contributed by atoms with E-state index in [1.807, 2.05) is 4.57 Å². The van der Waals surface area contributed by atoms with Gasteiger partial charge in [-0.15, -0.1) is 10.2 Å². The molecule has 0 aliphatic carbocycles. The van der Waals surface area contributed by atoms with E-state index in [-0.39, 0.29) is 18.1 Å². The lowest BCUT2D eigenvalue weighted by Crippen LogP contribution is -2.47. The predicted octanol–water partition coefficient (Wildman–Crippen LogP) is -1.62. The van der Waals surface area contributed by atoms with Gasteiger partial charge in [-0.25, -0.2) is 8.42 Å². The van der Waals surface area contributed by atoms with Gasteiger partial charge in [-0.2, -0.15) is 0 Å². The number of rotatable bonds is 4. The molecular weight excluding hydrogens is 270 g/mol. The molecule has 2 heterocycles. The predicted molar refractivity (Wildman–Crippen MR) is 67.7 cm³/mol. The summed E-state index contributed by atoms with van der Waals surface area (Å²) < 4.78 is 24.0. The van der Waals surface area contributed by atoms with Crippen molar-refractivity contribution < 1.29 is 13.2 Å². The highest BCUT2D eigenvalue weighted by Crippen LogP contribution is 2.11. The van der Waals surface area contributed by atoms with Crippen LogP contribution in [0, 0.1) is 0 Å². The molecule has 0 aromatic carbocycles. The molecule has 0 fully saturated rings. The molecule has 106 valence electrons. The summed E-state index contributed by atoms with van der Waals surface area (Å²) in [5.41, 5.74) is 5.75. The lowest BCUT2D eigenvalue weighted by molar-refractivity contribution is -0.134. The fourth-order valence-corrected chi connectivity index (χ4v) is 2.64.